The number of nitrogens with zero attached hydrogens (tertiary/aromatic N) is 2. The molecule has 5 nitrogen and oxygen atoms in total. The highest BCUT2D eigenvalue weighted by molar-refractivity contribution is 5.80. The zero-order valence-corrected chi connectivity index (χ0v) is 9.27. The molecule has 0 atom stereocenters. The summed E-state index contributed by atoms with van der Waals surface area (Å²) in [5.74, 6) is 0.432. The van der Waals surface area contributed by atoms with Gasteiger partial charge in [0.1, 0.15) is 11.2 Å². The van der Waals surface area contributed by atoms with Crippen LogP contribution in [0.15, 0.2) is 12.3 Å². The Morgan fingerprint density at radius 2 is 2.07 bits per heavy atom. The maximum Gasteiger partial charge on any atom is 0.318 e. The molecular formula is C10H14N2O3. The minimum atomic E-state index is -0.872. The first-order valence-electron chi connectivity index (χ1n) is 4.48. The number of ether oxygens (including phenoxy) is 2. The van der Waals surface area contributed by atoms with Crippen LogP contribution in [0.2, 0.25) is 0 Å². The Kier molecular flexibility index (Phi) is 3.24. The van der Waals surface area contributed by atoms with E-state index in [1.54, 1.807) is 26.1 Å². The molecule has 1 aromatic rings. The van der Waals surface area contributed by atoms with Crippen molar-refractivity contribution >= 4 is 5.97 Å². The quantitative estimate of drug-likeness (QED) is 0.695. The van der Waals surface area contributed by atoms with Crippen molar-refractivity contribution in [1.82, 2.24) is 9.97 Å². The SMILES string of the molecule is COC(=O)C(C)(C)c1nccc(OC)n1. The van der Waals surface area contributed by atoms with E-state index >= 15 is 0 Å². The van der Waals surface area contributed by atoms with Gasteiger partial charge in [-0.1, -0.05) is 0 Å². The first-order chi connectivity index (χ1) is 7.02. The lowest BCUT2D eigenvalue weighted by atomic mass is 9.92. The largest absolute Gasteiger partial charge is 0.481 e. The van der Waals surface area contributed by atoms with E-state index in [9.17, 15) is 4.79 Å². The van der Waals surface area contributed by atoms with Crippen LogP contribution >= 0.6 is 0 Å². The second kappa shape index (κ2) is 4.25. The summed E-state index contributed by atoms with van der Waals surface area (Å²) in [6, 6.07) is 1.62. The maximum atomic E-state index is 11.5. The monoisotopic (exact) mass is 210 g/mol. The number of carbonyl (C=O) groups excluding carboxylic acids is 1. The van der Waals surface area contributed by atoms with Gasteiger partial charge in [-0.05, 0) is 13.8 Å². The molecule has 0 saturated heterocycles. The normalized spacial score (nSPS) is 10.9. The number of methoxy groups -OCH3 is 2. The Hall–Kier alpha value is -1.65. The first-order valence-corrected chi connectivity index (χ1v) is 4.48. The van der Waals surface area contributed by atoms with Crippen LogP contribution in [-0.2, 0) is 14.9 Å². The average Bonchev–Trinajstić information content (AvgIpc) is 2.27. The molecule has 1 heterocycles. The molecule has 0 aromatic carbocycles. The van der Waals surface area contributed by atoms with E-state index in [0.717, 1.165) is 0 Å². The van der Waals surface area contributed by atoms with E-state index in [1.165, 1.54) is 14.2 Å². The molecule has 0 aliphatic carbocycles. The summed E-state index contributed by atoms with van der Waals surface area (Å²) >= 11 is 0. The van der Waals surface area contributed by atoms with Crippen LogP contribution in [0.25, 0.3) is 0 Å². The third-order valence-electron chi connectivity index (χ3n) is 2.09. The van der Waals surface area contributed by atoms with Crippen molar-refractivity contribution in [2.24, 2.45) is 0 Å². The Morgan fingerprint density at radius 1 is 1.40 bits per heavy atom. The highest BCUT2D eigenvalue weighted by Crippen LogP contribution is 2.22. The molecule has 1 aromatic heterocycles. The zero-order valence-electron chi connectivity index (χ0n) is 9.27. The van der Waals surface area contributed by atoms with Gasteiger partial charge in [0.2, 0.25) is 5.88 Å². The van der Waals surface area contributed by atoms with Gasteiger partial charge in [0.25, 0.3) is 0 Å². The number of rotatable bonds is 3. The number of hydrogen-bond donors (Lipinski definition) is 0. The van der Waals surface area contributed by atoms with Gasteiger partial charge < -0.3 is 9.47 Å². The third kappa shape index (κ3) is 2.23. The predicted octanol–water partition coefficient (Wildman–Crippen LogP) is 0.936. The Labute approximate surface area is 88.4 Å². The van der Waals surface area contributed by atoms with Crippen LogP contribution < -0.4 is 4.74 Å². The van der Waals surface area contributed by atoms with Crippen LogP contribution in [0.1, 0.15) is 19.7 Å². The van der Waals surface area contributed by atoms with E-state index < -0.39 is 5.41 Å². The fourth-order valence-corrected chi connectivity index (χ4v) is 1.10. The number of carbonyl (C=O) groups is 1. The van der Waals surface area contributed by atoms with Crippen molar-refractivity contribution in [3.8, 4) is 5.88 Å². The van der Waals surface area contributed by atoms with E-state index in [4.69, 9.17) is 4.74 Å². The van der Waals surface area contributed by atoms with Gasteiger partial charge in [-0.15, -0.1) is 0 Å². The van der Waals surface area contributed by atoms with Gasteiger partial charge in [-0.3, -0.25) is 4.79 Å². The lowest BCUT2D eigenvalue weighted by Gasteiger charge is -2.19. The molecule has 0 N–H and O–H groups in total. The van der Waals surface area contributed by atoms with Gasteiger partial charge in [0.05, 0.1) is 14.2 Å². The van der Waals surface area contributed by atoms with Crippen LogP contribution in [0, 0.1) is 0 Å². The number of esters is 1. The molecule has 0 bridgehead atoms. The van der Waals surface area contributed by atoms with E-state index in [2.05, 4.69) is 14.7 Å². The van der Waals surface area contributed by atoms with Crippen LogP contribution in [0.3, 0.4) is 0 Å². The molecule has 5 heteroatoms. The fourth-order valence-electron chi connectivity index (χ4n) is 1.10. The smallest absolute Gasteiger partial charge is 0.318 e. The Morgan fingerprint density at radius 3 is 2.60 bits per heavy atom. The van der Waals surface area contributed by atoms with Crippen molar-refractivity contribution in [3.05, 3.63) is 18.1 Å². The standard InChI is InChI=1S/C10H14N2O3/c1-10(2,9(13)15-4)8-11-6-5-7(12-8)14-3/h5-6H,1-4H3. The minimum absolute atomic E-state index is 0.379. The molecule has 1 rings (SSSR count). The molecule has 0 aliphatic rings. The zero-order chi connectivity index (χ0) is 11.5. The third-order valence-corrected chi connectivity index (χ3v) is 2.09. The van der Waals surface area contributed by atoms with Crippen molar-refractivity contribution in [2.45, 2.75) is 19.3 Å². The molecule has 82 valence electrons. The second-order valence-corrected chi connectivity index (χ2v) is 3.54. The lowest BCUT2D eigenvalue weighted by molar-refractivity contribution is -0.146. The summed E-state index contributed by atoms with van der Waals surface area (Å²) in [6.45, 7) is 3.40. The number of aromatic nitrogens is 2. The van der Waals surface area contributed by atoms with E-state index in [0.29, 0.717) is 11.7 Å². The molecule has 15 heavy (non-hydrogen) atoms. The van der Waals surface area contributed by atoms with E-state index in [-0.39, 0.29) is 5.97 Å². The van der Waals surface area contributed by atoms with Gasteiger partial charge in [0, 0.05) is 12.3 Å². The minimum Gasteiger partial charge on any atom is -0.481 e. The molecule has 0 unspecified atom stereocenters. The fraction of sp³-hybridized carbons (Fsp3) is 0.500. The Balaban J connectivity index is 3.09. The number of hydrogen-bond acceptors (Lipinski definition) is 5. The maximum absolute atomic E-state index is 11.5. The van der Waals surface area contributed by atoms with E-state index in [1.807, 2.05) is 0 Å². The summed E-state index contributed by atoms with van der Waals surface area (Å²) in [7, 11) is 2.85. The topological polar surface area (TPSA) is 61.3 Å². The van der Waals surface area contributed by atoms with Crippen LogP contribution in [0.4, 0.5) is 0 Å². The summed E-state index contributed by atoms with van der Waals surface area (Å²) < 4.78 is 9.64. The van der Waals surface area contributed by atoms with Crippen molar-refractivity contribution in [3.63, 3.8) is 0 Å². The van der Waals surface area contributed by atoms with Gasteiger partial charge in [-0.25, -0.2) is 4.98 Å². The Bertz CT molecular complexity index is 363. The molecule has 0 aliphatic heterocycles. The van der Waals surface area contributed by atoms with Gasteiger partial charge in [0.15, 0.2) is 0 Å². The molecule has 0 fully saturated rings. The lowest BCUT2D eigenvalue weighted by Crippen LogP contribution is -2.32. The summed E-state index contributed by atoms with van der Waals surface area (Å²) in [5.41, 5.74) is -0.872. The van der Waals surface area contributed by atoms with Gasteiger partial charge in [-0.2, -0.15) is 4.98 Å². The second-order valence-electron chi connectivity index (χ2n) is 3.54. The molecular weight excluding hydrogens is 196 g/mol. The van der Waals surface area contributed by atoms with Crippen LogP contribution in [-0.4, -0.2) is 30.2 Å². The molecule has 0 saturated carbocycles. The van der Waals surface area contributed by atoms with Crippen molar-refractivity contribution in [2.75, 3.05) is 14.2 Å². The molecule has 0 amide bonds. The average molecular weight is 210 g/mol. The summed E-state index contributed by atoms with van der Waals surface area (Å²) in [6.07, 6.45) is 1.55. The molecule has 0 spiro atoms. The highest BCUT2D eigenvalue weighted by Gasteiger charge is 2.34. The van der Waals surface area contributed by atoms with Gasteiger partial charge >= 0.3 is 5.97 Å². The van der Waals surface area contributed by atoms with Crippen molar-refractivity contribution < 1.29 is 14.3 Å². The first kappa shape index (κ1) is 11.4. The summed E-state index contributed by atoms with van der Waals surface area (Å²) in [4.78, 5) is 19.6. The van der Waals surface area contributed by atoms with Crippen LogP contribution in [0.5, 0.6) is 5.88 Å². The van der Waals surface area contributed by atoms with Crippen molar-refractivity contribution in [1.29, 1.82) is 0 Å². The highest BCUT2D eigenvalue weighted by atomic mass is 16.5. The summed E-state index contributed by atoms with van der Waals surface area (Å²) in [5, 5.41) is 0. The molecule has 0 radical (unpaired) electrons. The predicted molar refractivity (Wildman–Crippen MR) is 53.6 cm³/mol.